The van der Waals surface area contributed by atoms with Crippen LogP contribution in [0.5, 0.6) is 5.75 Å². The molecule has 1 aliphatic rings. The molecule has 1 unspecified atom stereocenters. The number of ether oxygens (including phenoxy) is 1. The van der Waals surface area contributed by atoms with Crippen molar-refractivity contribution in [3.8, 4) is 5.75 Å². The Labute approximate surface area is 122 Å². The van der Waals surface area contributed by atoms with E-state index in [2.05, 4.69) is 0 Å². The van der Waals surface area contributed by atoms with Gasteiger partial charge in [-0.25, -0.2) is 4.79 Å². The summed E-state index contributed by atoms with van der Waals surface area (Å²) in [6, 6.07) is 6.12. The van der Waals surface area contributed by atoms with E-state index >= 15 is 0 Å². The maximum Gasteiger partial charge on any atom is 0.326 e. The van der Waals surface area contributed by atoms with Gasteiger partial charge in [-0.3, -0.25) is 4.79 Å². The number of hydrogen-bond donors (Lipinski definition) is 1. The van der Waals surface area contributed by atoms with E-state index in [4.69, 9.17) is 21.4 Å². The number of rotatable bonds is 4. The monoisotopic (exact) mass is 297 g/mol. The van der Waals surface area contributed by atoms with Crippen LogP contribution in [-0.2, 0) is 9.59 Å². The molecular weight excluding hydrogens is 282 g/mol. The van der Waals surface area contributed by atoms with E-state index in [9.17, 15) is 9.59 Å². The first-order valence-electron chi connectivity index (χ1n) is 6.45. The number of halogens is 1. The number of likely N-dealkylation sites (tertiary alicyclic amines) is 1. The van der Waals surface area contributed by atoms with Gasteiger partial charge in [0.1, 0.15) is 11.8 Å². The second-order valence-corrected chi connectivity index (χ2v) is 5.13. The van der Waals surface area contributed by atoms with Crippen molar-refractivity contribution in [3.05, 3.63) is 29.3 Å². The molecule has 1 heterocycles. The van der Waals surface area contributed by atoms with Gasteiger partial charge in [-0.1, -0.05) is 23.7 Å². The maximum absolute atomic E-state index is 12.3. The molecule has 1 N–H and O–H groups in total. The van der Waals surface area contributed by atoms with Gasteiger partial charge in [-0.2, -0.15) is 0 Å². The summed E-state index contributed by atoms with van der Waals surface area (Å²) in [5.74, 6) is -0.878. The molecule has 1 saturated heterocycles. The smallest absolute Gasteiger partial charge is 0.326 e. The third kappa shape index (κ3) is 3.04. The van der Waals surface area contributed by atoms with E-state index < -0.39 is 18.1 Å². The van der Waals surface area contributed by atoms with Crippen LogP contribution < -0.4 is 4.74 Å². The van der Waals surface area contributed by atoms with Crippen LogP contribution in [-0.4, -0.2) is 40.6 Å². The molecule has 1 aliphatic heterocycles. The summed E-state index contributed by atoms with van der Waals surface area (Å²) in [6.45, 7) is 2.05. The van der Waals surface area contributed by atoms with Crippen molar-refractivity contribution in [2.24, 2.45) is 0 Å². The Kier molecular flexibility index (Phi) is 4.49. The molecule has 2 atom stereocenters. The molecule has 0 saturated carbocycles. The van der Waals surface area contributed by atoms with Crippen LogP contribution in [0, 0.1) is 0 Å². The zero-order chi connectivity index (χ0) is 14.7. The molecule has 1 aromatic carbocycles. The van der Waals surface area contributed by atoms with Gasteiger partial charge in [0.2, 0.25) is 0 Å². The Morgan fingerprint density at radius 2 is 2.15 bits per heavy atom. The lowest BCUT2D eigenvalue weighted by Crippen LogP contribution is -2.46. The number of amides is 1. The predicted octanol–water partition coefficient (Wildman–Crippen LogP) is 2.18. The number of aliphatic carboxylic acids is 1. The van der Waals surface area contributed by atoms with Gasteiger partial charge in [0.25, 0.3) is 5.91 Å². The van der Waals surface area contributed by atoms with E-state index in [1.165, 1.54) is 4.90 Å². The summed E-state index contributed by atoms with van der Waals surface area (Å²) in [5, 5.41) is 9.51. The molecular formula is C14H16ClNO4. The van der Waals surface area contributed by atoms with Crippen molar-refractivity contribution in [2.45, 2.75) is 31.9 Å². The second kappa shape index (κ2) is 6.13. The molecule has 6 heteroatoms. The molecule has 5 nitrogen and oxygen atoms in total. The van der Waals surface area contributed by atoms with Crippen molar-refractivity contribution in [1.82, 2.24) is 4.90 Å². The first-order chi connectivity index (χ1) is 9.50. The fourth-order valence-electron chi connectivity index (χ4n) is 2.30. The molecule has 20 heavy (non-hydrogen) atoms. The highest BCUT2D eigenvalue weighted by Gasteiger charge is 2.36. The number of carbonyl (C=O) groups is 2. The van der Waals surface area contributed by atoms with Gasteiger partial charge < -0.3 is 14.7 Å². The first-order valence-corrected chi connectivity index (χ1v) is 6.83. The molecule has 0 radical (unpaired) electrons. The largest absolute Gasteiger partial charge is 0.480 e. The SMILES string of the molecule is CC(Oc1ccccc1Cl)C(=O)N1CCC[C@H]1C(=O)O. The summed E-state index contributed by atoms with van der Waals surface area (Å²) >= 11 is 5.97. The minimum Gasteiger partial charge on any atom is -0.480 e. The standard InChI is InChI=1S/C14H16ClNO4/c1-9(20-12-7-3-2-5-10(12)15)13(17)16-8-4-6-11(16)14(18)19/h2-3,5,7,9,11H,4,6,8H2,1H3,(H,18,19)/t9?,11-/m0/s1. The van der Waals surface area contributed by atoms with E-state index in [1.807, 2.05) is 0 Å². The Balaban J connectivity index is 2.05. The number of para-hydroxylation sites is 1. The fraction of sp³-hybridized carbons (Fsp3) is 0.429. The highest BCUT2D eigenvalue weighted by Crippen LogP contribution is 2.25. The van der Waals surface area contributed by atoms with Gasteiger partial charge in [-0.15, -0.1) is 0 Å². The number of benzene rings is 1. The molecule has 1 fully saturated rings. The summed E-state index contributed by atoms with van der Waals surface area (Å²) < 4.78 is 5.53. The lowest BCUT2D eigenvalue weighted by molar-refractivity contribution is -0.150. The van der Waals surface area contributed by atoms with Crippen LogP contribution in [0.1, 0.15) is 19.8 Å². The number of carboxylic acids is 1. The van der Waals surface area contributed by atoms with Gasteiger partial charge >= 0.3 is 5.97 Å². The van der Waals surface area contributed by atoms with Crippen molar-refractivity contribution >= 4 is 23.5 Å². The van der Waals surface area contributed by atoms with Gasteiger partial charge in [0, 0.05) is 6.54 Å². The van der Waals surface area contributed by atoms with Crippen LogP contribution in [0.25, 0.3) is 0 Å². The van der Waals surface area contributed by atoms with Crippen LogP contribution in [0.4, 0.5) is 0 Å². The van der Waals surface area contributed by atoms with Crippen LogP contribution in [0.3, 0.4) is 0 Å². The number of carboxylic acid groups (broad SMARTS) is 1. The fourth-order valence-corrected chi connectivity index (χ4v) is 2.48. The molecule has 108 valence electrons. The highest BCUT2D eigenvalue weighted by atomic mass is 35.5. The van der Waals surface area contributed by atoms with Crippen molar-refractivity contribution < 1.29 is 19.4 Å². The van der Waals surface area contributed by atoms with Gasteiger partial charge in [0.05, 0.1) is 5.02 Å². The topological polar surface area (TPSA) is 66.8 Å². The quantitative estimate of drug-likeness (QED) is 0.925. The van der Waals surface area contributed by atoms with Gasteiger partial charge in [0.15, 0.2) is 6.10 Å². The zero-order valence-electron chi connectivity index (χ0n) is 11.1. The average Bonchev–Trinajstić information content (AvgIpc) is 2.89. The normalized spacial score (nSPS) is 19.7. The van der Waals surface area contributed by atoms with Crippen LogP contribution in [0.2, 0.25) is 5.02 Å². The molecule has 2 rings (SSSR count). The maximum atomic E-state index is 12.3. The zero-order valence-corrected chi connectivity index (χ0v) is 11.8. The summed E-state index contributed by atoms with van der Waals surface area (Å²) in [5.41, 5.74) is 0. The highest BCUT2D eigenvalue weighted by molar-refractivity contribution is 6.32. The van der Waals surface area contributed by atoms with Crippen LogP contribution in [0.15, 0.2) is 24.3 Å². The Morgan fingerprint density at radius 1 is 1.45 bits per heavy atom. The van der Waals surface area contributed by atoms with E-state index in [0.717, 1.165) is 0 Å². The molecule has 1 aromatic rings. The van der Waals surface area contributed by atoms with Crippen LogP contribution >= 0.6 is 11.6 Å². The third-order valence-corrected chi connectivity index (χ3v) is 3.62. The Morgan fingerprint density at radius 3 is 2.80 bits per heavy atom. The Hall–Kier alpha value is -1.75. The van der Waals surface area contributed by atoms with E-state index in [0.29, 0.717) is 30.2 Å². The number of carbonyl (C=O) groups excluding carboxylic acids is 1. The predicted molar refractivity (Wildman–Crippen MR) is 73.9 cm³/mol. The van der Waals surface area contributed by atoms with Crippen molar-refractivity contribution in [2.75, 3.05) is 6.54 Å². The Bertz CT molecular complexity index is 520. The minimum absolute atomic E-state index is 0.324. The molecule has 0 spiro atoms. The summed E-state index contributed by atoms with van der Waals surface area (Å²) in [4.78, 5) is 24.7. The van der Waals surface area contributed by atoms with Crippen molar-refractivity contribution in [1.29, 1.82) is 0 Å². The lowest BCUT2D eigenvalue weighted by Gasteiger charge is -2.25. The molecule has 0 bridgehead atoms. The third-order valence-electron chi connectivity index (χ3n) is 3.31. The number of hydrogen-bond acceptors (Lipinski definition) is 3. The average molecular weight is 298 g/mol. The lowest BCUT2D eigenvalue weighted by atomic mass is 10.2. The molecule has 1 amide bonds. The molecule has 0 aromatic heterocycles. The van der Waals surface area contributed by atoms with Gasteiger partial charge in [-0.05, 0) is 31.9 Å². The second-order valence-electron chi connectivity index (χ2n) is 4.72. The summed E-state index contributed by atoms with van der Waals surface area (Å²) in [6.07, 6.45) is 0.413. The summed E-state index contributed by atoms with van der Waals surface area (Å²) in [7, 11) is 0. The first kappa shape index (κ1) is 14.7. The minimum atomic E-state index is -0.971. The molecule has 0 aliphatic carbocycles. The van der Waals surface area contributed by atoms with E-state index in [1.54, 1.807) is 31.2 Å². The number of nitrogens with zero attached hydrogens (tertiary/aromatic N) is 1. The van der Waals surface area contributed by atoms with E-state index in [-0.39, 0.29) is 5.91 Å². The van der Waals surface area contributed by atoms with Crippen molar-refractivity contribution in [3.63, 3.8) is 0 Å².